The lowest BCUT2D eigenvalue weighted by Crippen LogP contribution is -2.63. The molecule has 0 spiro atoms. The Morgan fingerprint density at radius 3 is 2.43 bits per heavy atom. The van der Waals surface area contributed by atoms with Gasteiger partial charge in [-0.2, -0.15) is 0 Å². The highest BCUT2D eigenvalue weighted by Gasteiger charge is 2.46. The average Bonchev–Trinajstić information content (AvgIpc) is 3.40. The lowest BCUT2D eigenvalue weighted by molar-refractivity contribution is 0.591. The molecule has 0 amide bonds. The molecule has 3 nitrogen and oxygen atoms in total. The molecular formula is C33H29BN2O. The molecule has 37 heavy (non-hydrogen) atoms. The fraction of sp³-hybridized carbons (Fsp3) is 0.242. The van der Waals surface area contributed by atoms with Crippen LogP contribution >= 0.6 is 0 Å². The summed E-state index contributed by atoms with van der Waals surface area (Å²) in [6.07, 6.45) is 0. The standard InChI is InChI=1S/C33H29BN2O/c1-18-35-26-16-19(32(2,3)4)15-25-29(26)36(18)30-28-23(17-21-20-11-7-10-14-27(20)37-31(21)30)33(5,6)22-12-8-9-13-24(22)34(25)28/h7-17H,1-6H3. The Bertz CT molecular complexity index is 1960. The van der Waals surface area contributed by atoms with Crippen LogP contribution in [0.4, 0.5) is 0 Å². The number of furan rings is 1. The zero-order valence-electron chi connectivity index (χ0n) is 22.2. The zero-order valence-corrected chi connectivity index (χ0v) is 22.2. The molecule has 180 valence electrons. The van der Waals surface area contributed by atoms with Crippen molar-refractivity contribution in [2.24, 2.45) is 0 Å². The van der Waals surface area contributed by atoms with Gasteiger partial charge in [-0.1, -0.05) is 88.6 Å². The van der Waals surface area contributed by atoms with E-state index in [0.717, 1.165) is 22.5 Å². The lowest BCUT2D eigenvalue weighted by Gasteiger charge is -2.42. The van der Waals surface area contributed by atoms with E-state index in [-0.39, 0.29) is 17.5 Å². The minimum absolute atomic E-state index is 0.0294. The summed E-state index contributed by atoms with van der Waals surface area (Å²) in [4.78, 5) is 5.15. The van der Waals surface area contributed by atoms with Gasteiger partial charge in [-0.25, -0.2) is 4.98 Å². The Morgan fingerprint density at radius 1 is 0.865 bits per heavy atom. The number of aryl methyl sites for hydroxylation is 1. The SMILES string of the molecule is Cc1nc2cc(C(C)(C)C)cc3c2n1-c1c2c(cc4c1oc1ccccc14)C(C)(C)c1ccccc1B23. The van der Waals surface area contributed by atoms with E-state index in [1.165, 1.54) is 55.1 Å². The molecule has 2 aliphatic heterocycles. The van der Waals surface area contributed by atoms with E-state index in [1.54, 1.807) is 0 Å². The number of fused-ring (bicyclic) bond motifs is 8. The van der Waals surface area contributed by atoms with Gasteiger partial charge in [0.25, 0.3) is 0 Å². The van der Waals surface area contributed by atoms with Crippen LogP contribution < -0.4 is 16.4 Å². The molecule has 8 rings (SSSR count). The number of para-hydroxylation sites is 1. The molecule has 0 atom stereocenters. The van der Waals surface area contributed by atoms with Gasteiger partial charge in [0.15, 0.2) is 5.58 Å². The quantitative estimate of drug-likeness (QED) is 0.249. The summed E-state index contributed by atoms with van der Waals surface area (Å²) in [7, 11) is 0. The van der Waals surface area contributed by atoms with E-state index in [0.29, 0.717) is 0 Å². The van der Waals surface area contributed by atoms with Crippen LogP contribution in [-0.2, 0) is 10.8 Å². The van der Waals surface area contributed by atoms with Crippen molar-refractivity contribution < 1.29 is 4.42 Å². The molecule has 4 heteroatoms. The second-order valence-corrected chi connectivity index (χ2v) is 12.5. The van der Waals surface area contributed by atoms with E-state index in [9.17, 15) is 0 Å². The maximum absolute atomic E-state index is 6.68. The lowest BCUT2D eigenvalue weighted by atomic mass is 9.30. The molecule has 4 heterocycles. The molecule has 6 aromatic rings. The maximum Gasteiger partial charge on any atom is 0.247 e. The molecule has 0 fully saturated rings. The fourth-order valence-corrected chi connectivity index (χ4v) is 7.11. The molecule has 4 aromatic carbocycles. The van der Waals surface area contributed by atoms with Crippen LogP contribution in [0, 0.1) is 6.92 Å². The average molecular weight is 480 g/mol. The topological polar surface area (TPSA) is 31.0 Å². The molecule has 2 aromatic heterocycles. The van der Waals surface area contributed by atoms with Crippen LogP contribution in [0.15, 0.2) is 71.1 Å². The molecule has 0 unspecified atom stereocenters. The summed E-state index contributed by atoms with van der Waals surface area (Å²) in [6, 6.07) is 24.7. The third-order valence-electron chi connectivity index (χ3n) is 8.94. The maximum atomic E-state index is 6.68. The van der Waals surface area contributed by atoms with Gasteiger partial charge in [-0.15, -0.1) is 0 Å². The van der Waals surface area contributed by atoms with Crippen LogP contribution in [0.3, 0.4) is 0 Å². The van der Waals surface area contributed by atoms with Crippen molar-refractivity contribution >= 4 is 56.1 Å². The number of hydrogen-bond acceptors (Lipinski definition) is 2. The third kappa shape index (κ3) is 2.51. The van der Waals surface area contributed by atoms with Gasteiger partial charge in [0.05, 0.1) is 16.7 Å². The number of imidazole rings is 1. The molecule has 0 aliphatic carbocycles. The zero-order chi connectivity index (χ0) is 25.4. The summed E-state index contributed by atoms with van der Waals surface area (Å²) in [5.74, 6) is 1.01. The fourth-order valence-electron chi connectivity index (χ4n) is 7.11. The van der Waals surface area contributed by atoms with Gasteiger partial charge in [0.2, 0.25) is 6.71 Å². The Balaban J connectivity index is 1.65. The predicted molar refractivity (Wildman–Crippen MR) is 155 cm³/mol. The van der Waals surface area contributed by atoms with Crippen molar-refractivity contribution in [3.63, 3.8) is 0 Å². The van der Waals surface area contributed by atoms with Gasteiger partial charge in [-0.05, 0) is 58.2 Å². The van der Waals surface area contributed by atoms with Crippen LogP contribution in [0.25, 0.3) is 38.7 Å². The summed E-state index contributed by atoms with van der Waals surface area (Å²) >= 11 is 0. The largest absolute Gasteiger partial charge is 0.454 e. The number of aromatic nitrogens is 2. The van der Waals surface area contributed by atoms with E-state index in [1.807, 2.05) is 0 Å². The molecule has 0 N–H and O–H groups in total. The number of nitrogens with zero attached hydrogens (tertiary/aromatic N) is 2. The summed E-state index contributed by atoms with van der Waals surface area (Å²) in [5.41, 5.74) is 13.5. The summed E-state index contributed by atoms with van der Waals surface area (Å²) in [5, 5.41) is 2.36. The Hall–Kier alpha value is -3.79. The van der Waals surface area contributed by atoms with E-state index in [2.05, 4.69) is 113 Å². The Kier molecular flexibility index (Phi) is 3.77. The first-order valence-corrected chi connectivity index (χ1v) is 13.3. The molecule has 0 bridgehead atoms. The first kappa shape index (κ1) is 21.3. The normalized spacial score (nSPS) is 15.5. The highest BCUT2D eigenvalue weighted by atomic mass is 16.3. The van der Waals surface area contributed by atoms with Gasteiger partial charge in [0.1, 0.15) is 11.4 Å². The molecule has 0 saturated carbocycles. The minimum atomic E-state index is -0.142. The van der Waals surface area contributed by atoms with E-state index in [4.69, 9.17) is 9.40 Å². The van der Waals surface area contributed by atoms with Crippen molar-refractivity contribution in [1.82, 2.24) is 9.55 Å². The van der Waals surface area contributed by atoms with E-state index >= 15 is 0 Å². The molecular weight excluding hydrogens is 451 g/mol. The predicted octanol–water partition coefficient (Wildman–Crippen LogP) is 6.00. The summed E-state index contributed by atoms with van der Waals surface area (Å²) in [6.45, 7) is 13.9. The van der Waals surface area contributed by atoms with Gasteiger partial charge in [0, 0.05) is 16.2 Å². The van der Waals surface area contributed by atoms with E-state index < -0.39 is 0 Å². The molecule has 0 radical (unpaired) electrons. The number of hydrogen-bond donors (Lipinski definition) is 0. The number of rotatable bonds is 0. The van der Waals surface area contributed by atoms with Crippen LogP contribution in [0.1, 0.15) is 57.1 Å². The second kappa shape index (κ2) is 6.55. The van der Waals surface area contributed by atoms with Crippen molar-refractivity contribution in [1.29, 1.82) is 0 Å². The van der Waals surface area contributed by atoms with Crippen molar-refractivity contribution in [3.8, 4) is 5.69 Å². The highest BCUT2D eigenvalue weighted by molar-refractivity contribution is 6.99. The number of benzene rings is 4. The third-order valence-corrected chi connectivity index (χ3v) is 8.94. The monoisotopic (exact) mass is 480 g/mol. The van der Waals surface area contributed by atoms with Gasteiger partial charge >= 0.3 is 0 Å². The first-order chi connectivity index (χ1) is 17.7. The first-order valence-electron chi connectivity index (χ1n) is 13.3. The second-order valence-electron chi connectivity index (χ2n) is 12.5. The smallest absolute Gasteiger partial charge is 0.247 e. The molecule has 2 aliphatic rings. The van der Waals surface area contributed by atoms with Crippen LogP contribution in [0.5, 0.6) is 0 Å². The van der Waals surface area contributed by atoms with Gasteiger partial charge in [-0.3, -0.25) is 4.57 Å². The minimum Gasteiger partial charge on any atom is -0.454 e. The van der Waals surface area contributed by atoms with Crippen molar-refractivity contribution in [2.45, 2.75) is 52.4 Å². The van der Waals surface area contributed by atoms with Crippen molar-refractivity contribution in [2.75, 3.05) is 0 Å². The highest BCUT2D eigenvalue weighted by Crippen LogP contribution is 2.43. The Labute approximate surface area is 217 Å². The molecule has 0 saturated heterocycles. The van der Waals surface area contributed by atoms with Gasteiger partial charge < -0.3 is 4.42 Å². The van der Waals surface area contributed by atoms with Crippen LogP contribution in [-0.4, -0.2) is 16.3 Å². The van der Waals surface area contributed by atoms with Crippen molar-refractivity contribution in [3.05, 3.63) is 89.2 Å². The van der Waals surface area contributed by atoms with Crippen LogP contribution in [0.2, 0.25) is 0 Å². The Morgan fingerprint density at radius 2 is 1.62 bits per heavy atom. The summed E-state index contributed by atoms with van der Waals surface area (Å²) < 4.78 is 9.07.